The SMILES string of the molecule is CC(=O)CC(C)Oc1ccc(OC(F)(F)F)c(Br)c1. The molecule has 0 N–H and O–H groups in total. The smallest absolute Gasteiger partial charge is 0.490 e. The van der Waals surface area contributed by atoms with Gasteiger partial charge in [0.2, 0.25) is 0 Å². The van der Waals surface area contributed by atoms with E-state index in [1.807, 2.05) is 0 Å². The van der Waals surface area contributed by atoms with Gasteiger partial charge < -0.3 is 9.47 Å². The highest BCUT2D eigenvalue weighted by Crippen LogP contribution is 2.33. The van der Waals surface area contributed by atoms with E-state index in [1.165, 1.54) is 19.1 Å². The summed E-state index contributed by atoms with van der Waals surface area (Å²) in [6, 6.07) is 3.85. The van der Waals surface area contributed by atoms with E-state index in [9.17, 15) is 18.0 Å². The molecule has 0 radical (unpaired) electrons. The number of carbonyl (C=O) groups is 1. The monoisotopic (exact) mass is 340 g/mol. The fraction of sp³-hybridized carbons (Fsp3) is 0.417. The Morgan fingerprint density at radius 3 is 2.53 bits per heavy atom. The maximum absolute atomic E-state index is 12.1. The molecule has 0 bridgehead atoms. The van der Waals surface area contributed by atoms with Crippen molar-refractivity contribution in [2.75, 3.05) is 0 Å². The molecule has 0 fully saturated rings. The fourth-order valence-corrected chi connectivity index (χ4v) is 1.88. The van der Waals surface area contributed by atoms with Crippen LogP contribution in [0.3, 0.4) is 0 Å². The van der Waals surface area contributed by atoms with Crippen molar-refractivity contribution >= 4 is 21.7 Å². The molecule has 0 saturated carbocycles. The van der Waals surface area contributed by atoms with Gasteiger partial charge in [0.05, 0.1) is 4.47 Å². The number of Topliss-reactive ketones (excluding diaryl/α,β-unsaturated/α-hetero) is 1. The lowest BCUT2D eigenvalue weighted by Gasteiger charge is -2.15. The molecule has 0 saturated heterocycles. The minimum absolute atomic E-state index is 0.0245. The summed E-state index contributed by atoms with van der Waals surface area (Å²) < 4.78 is 45.5. The Bertz CT molecular complexity index is 460. The Morgan fingerprint density at radius 1 is 1.42 bits per heavy atom. The molecule has 0 amide bonds. The number of alkyl halides is 3. The average molecular weight is 341 g/mol. The van der Waals surface area contributed by atoms with Gasteiger partial charge in [-0.15, -0.1) is 13.2 Å². The Labute approximate surface area is 116 Å². The van der Waals surface area contributed by atoms with E-state index in [-0.39, 0.29) is 28.5 Å². The van der Waals surface area contributed by atoms with E-state index in [1.54, 1.807) is 6.92 Å². The molecule has 1 atom stereocenters. The number of halogens is 4. The standard InChI is InChI=1S/C12H12BrF3O3/c1-7(17)5-8(2)18-9-3-4-11(10(13)6-9)19-12(14,15)16/h3-4,6,8H,5H2,1-2H3. The highest BCUT2D eigenvalue weighted by molar-refractivity contribution is 9.10. The van der Waals surface area contributed by atoms with E-state index >= 15 is 0 Å². The number of hydrogen-bond donors (Lipinski definition) is 0. The number of carbonyl (C=O) groups excluding carboxylic acids is 1. The van der Waals surface area contributed by atoms with Crippen LogP contribution in [0.5, 0.6) is 11.5 Å². The van der Waals surface area contributed by atoms with Crippen LogP contribution in [-0.4, -0.2) is 18.2 Å². The molecule has 3 nitrogen and oxygen atoms in total. The molecule has 106 valence electrons. The lowest BCUT2D eigenvalue weighted by Crippen LogP contribution is -2.18. The van der Waals surface area contributed by atoms with Crippen LogP contribution in [0, 0.1) is 0 Å². The quantitative estimate of drug-likeness (QED) is 0.809. The maximum Gasteiger partial charge on any atom is 0.573 e. The van der Waals surface area contributed by atoms with Crippen LogP contribution in [0.1, 0.15) is 20.3 Å². The van der Waals surface area contributed by atoms with Crippen LogP contribution in [0.25, 0.3) is 0 Å². The molecule has 0 aliphatic carbocycles. The van der Waals surface area contributed by atoms with Crippen LogP contribution >= 0.6 is 15.9 Å². The van der Waals surface area contributed by atoms with Crippen LogP contribution in [0.15, 0.2) is 22.7 Å². The molecule has 0 aromatic heterocycles. The first-order valence-electron chi connectivity index (χ1n) is 5.39. The summed E-state index contributed by atoms with van der Waals surface area (Å²) in [4.78, 5) is 10.9. The topological polar surface area (TPSA) is 35.5 Å². The highest BCUT2D eigenvalue weighted by Gasteiger charge is 2.32. The highest BCUT2D eigenvalue weighted by atomic mass is 79.9. The van der Waals surface area contributed by atoms with Crippen LogP contribution in [-0.2, 0) is 4.79 Å². The Morgan fingerprint density at radius 2 is 2.05 bits per heavy atom. The molecule has 0 heterocycles. The summed E-state index contributed by atoms with van der Waals surface area (Å²) in [6.45, 7) is 3.14. The molecule has 1 aromatic carbocycles. The second-order valence-electron chi connectivity index (χ2n) is 3.97. The molecule has 1 rings (SSSR count). The molecule has 1 aromatic rings. The van der Waals surface area contributed by atoms with Gasteiger partial charge in [-0.05, 0) is 48.0 Å². The first-order chi connectivity index (χ1) is 8.67. The van der Waals surface area contributed by atoms with Crippen molar-refractivity contribution in [1.29, 1.82) is 0 Å². The summed E-state index contributed by atoms with van der Waals surface area (Å²) in [7, 11) is 0. The molecular weight excluding hydrogens is 329 g/mol. The lowest BCUT2D eigenvalue weighted by atomic mass is 10.2. The van der Waals surface area contributed by atoms with Gasteiger partial charge in [-0.1, -0.05) is 0 Å². The molecule has 0 spiro atoms. The predicted octanol–water partition coefficient (Wildman–Crippen LogP) is 4.09. The fourth-order valence-electron chi connectivity index (χ4n) is 1.44. The summed E-state index contributed by atoms with van der Waals surface area (Å²) in [5.74, 6) is -0.0159. The van der Waals surface area contributed by atoms with Crippen molar-refractivity contribution < 1.29 is 27.4 Å². The first kappa shape index (κ1) is 15.8. The van der Waals surface area contributed by atoms with Gasteiger partial charge in [-0.25, -0.2) is 0 Å². The first-order valence-corrected chi connectivity index (χ1v) is 6.18. The van der Waals surface area contributed by atoms with Gasteiger partial charge in [0.25, 0.3) is 0 Å². The lowest BCUT2D eigenvalue weighted by molar-refractivity contribution is -0.274. The molecule has 7 heteroatoms. The molecule has 0 aliphatic rings. The van der Waals surface area contributed by atoms with Crippen LogP contribution in [0.2, 0.25) is 0 Å². The number of rotatable bonds is 5. The normalized spacial score (nSPS) is 12.9. The van der Waals surface area contributed by atoms with Gasteiger partial charge in [0, 0.05) is 6.42 Å². The van der Waals surface area contributed by atoms with Crippen molar-refractivity contribution in [3.05, 3.63) is 22.7 Å². The van der Waals surface area contributed by atoms with E-state index < -0.39 is 6.36 Å². The summed E-state index contributed by atoms with van der Waals surface area (Å²) in [5.41, 5.74) is 0. The van der Waals surface area contributed by atoms with Gasteiger partial charge in [0.15, 0.2) is 0 Å². The van der Waals surface area contributed by atoms with Gasteiger partial charge >= 0.3 is 6.36 Å². The Hall–Kier alpha value is -1.24. The molecule has 1 unspecified atom stereocenters. The minimum atomic E-state index is -4.74. The zero-order valence-electron chi connectivity index (χ0n) is 10.3. The van der Waals surface area contributed by atoms with Gasteiger partial charge in [-0.3, -0.25) is 4.79 Å². The Balaban J connectivity index is 2.74. The van der Waals surface area contributed by atoms with Crippen LogP contribution < -0.4 is 9.47 Å². The molecular formula is C12H12BrF3O3. The van der Waals surface area contributed by atoms with E-state index in [2.05, 4.69) is 20.7 Å². The number of benzene rings is 1. The predicted molar refractivity (Wildman–Crippen MR) is 66.2 cm³/mol. The van der Waals surface area contributed by atoms with E-state index in [0.29, 0.717) is 5.75 Å². The van der Waals surface area contributed by atoms with Crippen molar-refractivity contribution in [2.45, 2.75) is 32.7 Å². The third-order valence-corrected chi connectivity index (χ3v) is 2.66. The summed E-state index contributed by atoms with van der Waals surface area (Å²) >= 11 is 2.97. The number of ether oxygens (including phenoxy) is 2. The largest absolute Gasteiger partial charge is 0.573 e. The summed E-state index contributed by atoms with van der Waals surface area (Å²) in [5, 5.41) is 0. The minimum Gasteiger partial charge on any atom is -0.490 e. The van der Waals surface area contributed by atoms with E-state index in [0.717, 1.165) is 6.07 Å². The van der Waals surface area contributed by atoms with E-state index in [4.69, 9.17) is 4.74 Å². The third kappa shape index (κ3) is 5.96. The second kappa shape index (κ2) is 6.27. The number of ketones is 1. The molecule has 0 aliphatic heterocycles. The molecule has 19 heavy (non-hydrogen) atoms. The van der Waals surface area contributed by atoms with Crippen molar-refractivity contribution in [3.63, 3.8) is 0 Å². The zero-order valence-corrected chi connectivity index (χ0v) is 11.8. The average Bonchev–Trinajstić information content (AvgIpc) is 2.19. The number of hydrogen-bond acceptors (Lipinski definition) is 3. The van der Waals surface area contributed by atoms with Crippen molar-refractivity contribution in [3.8, 4) is 11.5 Å². The second-order valence-corrected chi connectivity index (χ2v) is 4.83. The van der Waals surface area contributed by atoms with Crippen LogP contribution in [0.4, 0.5) is 13.2 Å². The van der Waals surface area contributed by atoms with Crippen molar-refractivity contribution in [2.24, 2.45) is 0 Å². The van der Waals surface area contributed by atoms with Gasteiger partial charge in [0.1, 0.15) is 23.4 Å². The third-order valence-electron chi connectivity index (χ3n) is 2.04. The van der Waals surface area contributed by atoms with Crippen molar-refractivity contribution in [1.82, 2.24) is 0 Å². The maximum atomic E-state index is 12.1. The zero-order chi connectivity index (χ0) is 14.6. The van der Waals surface area contributed by atoms with Gasteiger partial charge in [-0.2, -0.15) is 0 Å². The Kier molecular flexibility index (Phi) is 5.22. The summed E-state index contributed by atoms with van der Waals surface area (Å²) in [6.07, 6.45) is -4.86.